The Balaban J connectivity index is 1.59. The molecule has 1 fully saturated rings. The number of rotatable bonds is 10. The van der Waals surface area contributed by atoms with Gasteiger partial charge in [-0.25, -0.2) is 4.39 Å². The van der Waals surface area contributed by atoms with Crippen molar-refractivity contribution in [1.82, 2.24) is 10.2 Å². The monoisotopic (exact) mass is 486 g/mol. The van der Waals surface area contributed by atoms with Crippen molar-refractivity contribution in [2.24, 2.45) is 0 Å². The van der Waals surface area contributed by atoms with Crippen LogP contribution in [0.15, 0.2) is 78.9 Å². The van der Waals surface area contributed by atoms with Crippen LogP contribution in [0.5, 0.6) is 0 Å². The summed E-state index contributed by atoms with van der Waals surface area (Å²) in [6.07, 6.45) is 5.50. The zero-order chi connectivity index (χ0) is 25.3. The van der Waals surface area contributed by atoms with Gasteiger partial charge < -0.3 is 10.2 Å². The van der Waals surface area contributed by atoms with Crippen molar-refractivity contribution in [3.05, 3.63) is 107 Å². The predicted molar refractivity (Wildman–Crippen MR) is 141 cm³/mol. The maximum atomic E-state index is 13.7. The number of carbonyl (C=O) groups excluding carboxylic acids is 2. The number of nitrogens with zero attached hydrogens (tertiary/aromatic N) is 1. The molecule has 0 heterocycles. The van der Waals surface area contributed by atoms with E-state index in [4.69, 9.17) is 0 Å². The summed E-state index contributed by atoms with van der Waals surface area (Å²) in [7, 11) is 0. The van der Waals surface area contributed by atoms with E-state index in [1.165, 1.54) is 17.7 Å². The number of carbonyl (C=O) groups is 2. The minimum atomic E-state index is -0.649. The molecule has 1 aliphatic rings. The molecule has 0 saturated heterocycles. The van der Waals surface area contributed by atoms with Crippen LogP contribution in [-0.2, 0) is 29.0 Å². The van der Waals surface area contributed by atoms with Crippen LogP contribution in [0.25, 0.3) is 0 Å². The number of halogens is 1. The number of amides is 2. The quantitative estimate of drug-likeness (QED) is 0.396. The van der Waals surface area contributed by atoms with Crippen LogP contribution in [-0.4, -0.2) is 28.8 Å². The topological polar surface area (TPSA) is 49.4 Å². The third kappa shape index (κ3) is 7.27. The van der Waals surface area contributed by atoms with Gasteiger partial charge in [0.1, 0.15) is 11.9 Å². The largest absolute Gasteiger partial charge is 0.352 e. The molecular formula is C31H35FN2O2. The van der Waals surface area contributed by atoms with Crippen molar-refractivity contribution < 1.29 is 14.0 Å². The number of benzene rings is 3. The molecule has 0 unspecified atom stereocenters. The van der Waals surface area contributed by atoms with Crippen LogP contribution in [0.2, 0.25) is 0 Å². The first-order chi connectivity index (χ1) is 17.5. The van der Waals surface area contributed by atoms with E-state index in [-0.39, 0.29) is 30.2 Å². The Kier molecular flexibility index (Phi) is 8.88. The van der Waals surface area contributed by atoms with Crippen molar-refractivity contribution in [3.8, 4) is 0 Å². The molecule has 3 aromatic carbocycles. The molecule has 4 nitrogen and oxygen atoms in total. The van der Waals surface area contributed by atoms with Crippen molar-refractivity contribution in [2.75, 3.05) is 0 Å². The van der Waals surface area contributed by atoms with E-state index in [0.29, 0.717) is 19.3 Å². The lowest BCUT2D eigenvalue weighted by Gasteiger charge is -2.32. The summed E-state index contributed by atoms with van der Waals surface area (Å²) in [5.74, 6) is -0.519. The van der Waals surface area contributed by atoms with Gasteiger partial charge in [0, 0.05) is 25.4 Å². The summed E-state index contributed by atoms with van der Waals surface area (Å²) in [6, 6.07) is 23.7. The Morgan fingerprint density at radius 2 is 1.53 bits per heavy atom. The minimum absolute atomic E-state index is 0.0811. The van der Waals surface area contributed by atoms with E-state index in [1.54, 1.807) is 17.0 Å². The summed E-state index contributed by atoms with van der Waals surface area (Å²) in [5, 5.41) is 3.22. The highest BCUT2D eigenvalue weighted by Gasteiger charge is 2.32. The van der Waals surface area contributed by atoms with Crippen LogP contribution in [0.1, 0.15) is 54.4 Å². The van der Waals surface area contributed by atoms with Gasteiger partial charge in [-0.2, -0.15) is 0 Å². The molecule has 0 aliphatic heterocycles. The number of hydrogen-bond acceptors (Lipinski definition) is 2. The fourth-order valence-electron chi connectivity index (χ4n) is 4.86. The van der Waals surface area contributed by atoms with Gasteiger partial charge >= 0.3 is 0 Å². The van der Waals surface area contributed by atoms with Crippen LogP contribution in [0.3, 0.4) is 0 Å². The van der Waals surface area contributed by atoms with E-state index in [2.05, 4.69) is 5.32 Å². The summed E-state index contributed by atoms with van der Waals surface area (Å²) in [5.41, 5.74) is 4.06. The highest BCUT2D eigenvalue weighted by molar-refractivity contribution is 5.88. The van der Waals surface area contributed by atoms with Crippen molar-refractivity contribution in [1.29, 1.82) is 0 Å². The molecule has 0 radical (unpaired) electrons. The predicted octanol–water partition coefficient (Wildman–Crippen LogP) is 5.77. The van der Waals surface area contributed by atoms with Crippen molar-refractivity contribution in [2.45, 2.75) is 70.5 Å². The Morgan fingerprint density at radius 1 is 0.889 bits per heavy atom. The summed E-state index contributed by atoms with van der Waals surface area (Å²) in [6.45, 7) is 2.29. The molecule has 0 spiro atoms. The molecule has 0 aromatic heterocycles. The molecule has 36 heavy (non-hydrogen) atoms. The summed E-state index contributed by atoms with van der Waals surface area (Å²) >= 11 is 0. The number of nitrogens with one attached hydrogen (secondary N) is 1. The first-order valence-corrected chi connectivity index (χ1v) is 12.9. The first-order valence-electron chi connectivity index (χ1n) is 12.9. The van der Waals surface area contributed by atoms with E-state index in [1.807, 2.05) is 61.5 Å². The lowest BCUT2D eigenvalue weighted by molar-refractivity contribution is -0.141. The second-order valence-electron chi connectivity index (χ2n) is 9.83. The molecule has 1 aliphatic carbocycles. The highest BCUT2D eigenvalue weighted by atomic mass is 19.1. The fourth-order valence-corrected chi connectivity index (χ4v) is 4.86. The smallest absolute Gasteiger partial charge is 0.243 e. The molecule has 2 amide bonds. The van der Waals surface area contributed by atoms with Gasteiger partial charge in [-0.3, -0.25) is 9.59 Å². The maximum Gasteiger partial charge on any atom is 0.243 e. The van der Waals surface area contributed by atoms with Crippen molar-refractivity contribution >= 4 is 11.8 Å². The van der Waals surface area contributed by atoms with Gasteiger partial charge in [-0.05, 0) is 55.0 Å². The SMILES string of the molecule is Cc1ccc(CCC(=O)N(Cc2ccc(F)cc2)[C@H](Cc2ccccc2)C(=O)NC2CCCC2)cc1. The van der Waals surface area contributed by atoms with Crippen LogP contribution < -0.4 is 5.32 Å². The zero-order valence-electron chi connectivity index (χ0n) is 21.0. The normalized spacial score (nSPS) is 14.4. The first kappa shape index (κ1) is 25.6. The van der Waals surface area contributed by atoms with E-state index in [9.17, 15) is 14.0 Å². The van der Waals surface area contributed by atoms with Gasteiger partial charge in [0.25, 0.3) is 0 Å². The Labute approximate surface area is 213 Å². The average molecular weight is 487 g/mol. The van der Waals surface area contributed by atoms with Gasteiger partial charge in [-0.15, -0.1) is 0 Å². The molecule has 3 aromatic rings. The Hall–Kier alpha value is -3.47. The zero-order valence-corrected chi connectivity index (χ0v) is 21.0. The molecule has 1 atom stereocenters. The molecule has 1 N–H and O–H groups in total. The van der Waals surface area contributed by atoms with E-state index in [0.717, 1.165) is 42.4 Å². The summed E-state index contributed by atoms with van der Waals surface area (Å²) in [4.78, 5) is 29.0. The number of aryl methyl sites for hydroxylation is 2. The average Bonchev–Trinajstić information content (AvgIpc) is 3.40. The molecule has 4 rings (SSSR count). The third-order valence-electron chi connectivity index (χ3n) is 6.99. The number of hydrogen-bond donors (Lipinski definition) is 1. The Morgan fingerprint density at radius 3 is 2.19 bits per heavy atom. The second kappa shape index (κ2) is 12.5. The van der Waals surface area contributed by atoms with Crippen molar-refractivity contribution in [3.63, 3.8) is 0 Å². The maximum absolute atomic E-state index is 13.7. The Bertz CT molecular complexity index is 1120. The molecule has 1 saturated carbocycles. The van der Waals surface area contributed by atoms with Gasteiger partial charge in [0.2, 0.25) is 11.8 Å². The molecular weight excluding hydrogens is 451 g/mol. The van der Waals surface area contributed by atoms with Gasteiger partial charge in [0.15, 0.2) is 0 Å². The fraction of sp³-hybridized carbons (Fsp3) is 0.355. The second-order valence-corrected chi connectivity index (χ2v) is 9.83. The standard InChI is InChI=1S/C31H35FN2O2/c1-23-11-13-24(14-12-23)17-20-30(35)34(22-26-15-18-27(32)19-16-26)29(21-25-7-3-2-4-8-25)31(36)33-28-9-5-6-10-28/h2-4,7-8,11-16,18-19,28-29H,5-6,9-10,17,20-22H2,1H3,(H,33,36)/t29-/m1/s1. The minimum Gasteiger partial charge on any atom is -0.352 e. The van der Waals surface area contributed by atoms with E-state index < -0.39 is 6.04 Å². The third-order valence-corrected chi connectivity index (χ3v) is 6.99. The van der Waals surface area contributed by atoms with Crippen LogP contribution >= 0.6 is 0 Å². The lowest BCUT2D eigenvalue weighted by Crippen LogP contribution is -2.52. The summed E-state index contributed by atoms with van der Waals surface area (Å²) < 4.78 is 13.6. The molecule has 5 heteroatoms. The van der Waals surface area contributed by atoms with Crippen LogP contribution in [0.4, 0.5) is 4.39 Å². The highest BCUT2D eigenvalue weighted by Crippen LogP contribution is 2.21. The van der Waals surface area contributed by atoms with E-state index >= 15 is 0 Å². The van der Waals surface area contributed by atoms with Crippen LogP contribution in [0, 0.1) is 12.7 Å². The molecule has 188 valence electrons. The van der Waals surface area contributed by atoms with Gasteiger partial charge in [-0.1, -0.05) is 85.1 Å². The lowest BCUT2D eigenvalue weighted by atomic mass is 10.0. The van der Waals surface area contributed by atoms with Gasteiger partial charge in [0.05, 0.1) is 0 Å². The molecule has 0 bridgehead atoms.